The molecule has 0 aliphatic carbocycles. The highest BCUT2D eigenvalue weighted by Crippen LogP contribution is 2.30. The van der Waals surface area contributed by atoms with E-state index in [4.69, 9.17) is 0 Å². The number of rotatable bonds is 6. The molecule has 1 heterocycles. The number of amidine groups is 1. The predicted molar refractivity (Wildman–Crippen MR) is 107 cm³/mol. The van der Waals surface area contributed by atoms with Gasteiger partial charge < -0.3 is 0 Å². The maximum atomic E-state index is 13.1. The molecule has 9 heteroatoms. The first-order valence-corrected chi connectivity index (χ1v) is 9.44. The molecule has 0 aromatic heterocycles. The first-order valence-electron chi connectivity index (χ1n) is 8.56. The minimum absolute atomic E-state index is 0.0361. The summed E-state index contributed by atoms with van der Waals surface area (Å²) in [6.07, 6.45) is 2.05. The maximum absolute atomic E-state index is 13.1. The van der Waals surface area contributed by atoms with Crippen LogP contribution < -0.4 is 0 Å². The van der Waals surface area contributed by atoms with Gasteiger partial charge in [0.2, 0.25) is 5.91 Å². The van der Waals surface area contributed by atoms with Crippen LogP contribution in [0.5, 0.6) is 0 Å². The second kappa shape index (κ2) is 8.75. The van der Waals surface area contributed by atoms with E-state index >= 15 is 0 Å². The summed E-state index contributed by atoms with van der Waals surface area (Å²) in [6, 6.07) is 12.0. The fourth-order valence-corrected chi connectivity index (χ4v) is 3.65. The van der Waals surface area contributed by atoms with Gasteiger partial charge in [0.1, 0.15) is 5.82 Å². The number of hydrogen-bond acceptors (Lipinski definition) is 6. The molecular formula is C19H17FN4O3S. The maximum Gasteiger partial charge on any atom is 0.270 e. The molecule has 0 N–H and O–H groups in total. The molecule has 1 atom stereocenters. The third kappa shape index (κ3) is 4.61. The lowest BCUT2D eigenvalue weighted by molar-refractivity contribution is -0.384. The average Bonchev–Trinajstić information content (AvgIpc) is 2.99. The van der Waals surface area contributed by atoms with Crippen LogP contribution in [0.3, 0.4) is 0 Å². The van der Waals surface area contributed by atoms with E-state index in [2.05, 4.69) is 10.2 Å². The SMILES string of the molecule is CC[C@@H]1S/C(=N/N=C\c2cccc([N+](=O)[O-])c2)N(Cc2ccc(F)cc2)C1=O. The van der Waals surface area contributed by atoms with Gasteiger partial charge >= 0.3 is 0 Å². The molecule has 1 aliphatic heterocycles. The summed E-state index contributed by atoms with van der Waals surface area (Å²) in [4.78, 5) is 24.5. The molecule has 0 spiro atoms. The Morgan fingerprint density at radius 1 is 1.29 bits per heavy atom. The molecule has 1 aliphatic rings. The molecule has 0 unspecified atom stereocenters. The zero-order valence-corrected chi connectivity index (χ0v) is 15.8. The first-order chi connectivity index (χ1) is 13.5. The molecule has 1 amide bonds. The van der Waals surface area contributed by atoms with Crippen molar-refractivity contribution in [2.24, 2.45) is 10.2 Å². The van der Waals surface area contributed by atoms with Crippen LogP contribution in [-0.4, -0.2) is 32.4 Å². The molecule has 2 aromatic rings. The molecule has 7 nitrogen and oxygen atoms in total. The van der Waals surface area contributed by atoms with E-state index in [0.29, 0.717) is 17.2 Å². The van der Waals surface area contributed by atoms with Gasteiger partial charge in [-0.3, -0.25) is 19.8 Å². The largest absolute Gasteiger partial charge is 0.284 e. The monoisotopic (exact) mass is 400 g/mol. The minimum atomic E-state index is -0.481. The zero-order valence-electron chi connectivity index (χ0n) is 15.0. The van der Waals surface area contributed by atoms with E-state index in [1.807, 2.05) is 6.92 Å². The second-order valence-corrected chi connectivity index (χ2v) is 7.21. The van der Waals surface area contributed by atoms with Crippen molar-refractivity contribution in [2.75, 3.05) is 0 Å². The van der Waals surface area contributed by atoms with Crippen LogP contribution in [0.2, 0.25) is 0 Å². The van der Waals surface area contributed by atoms with Crippen molar-refractivity contribution >= 4 is 34.7 Å². The number of halogens is 1. The molecule has 28 heavy (non-hydrogen) atoms. The van der Waals surface area contributed by atoms with Gasteiger partial charge in [-0.05, 0) is 24.1 Å². The number of hydrogen-bond donors (Lipinski definition) is 0. The second-order valence-electron chi connectivity index (χ2n) is 6.04. The van der Waals surface area contributed by atoms with Crippen molar-refractivity contribution in [3.63, 3.8) is 0 Å². The van der Waals surface area contributed by atoms with E-state index < -0.39 is 4.92 Å². The molecule has 1 saturated heterocycles. The van der Waals surface area contributed by atoms with Crippen LogP contribution in [0.4, 0.5) is 10.1 Å². The van der Waals surface area contributed by atoms with E-state index in [9.17, 15) is 19.3 Å². The van der Waals surface area contributed by atoms with Crippen molar-refractivity contribution in [1.82, 2.24) is 4.90 Å². The van der Waals surface area contributed by atoms with Gasteiger partial charge in [0, 0.05) is 17.7 Å². The summed E-state index contributed by atoms with van der Waals surface area (Å²) < 4.78 is 13.1. The lowest BCUT2D eigenvalue weighted by Gasteiger charge is -2.15. The highest BCUT2D eigenvalue weighted by Gasteiger charge is 2.36. The van der Waals surface area contributed by atoms with Crippen molar-refractivity contribution < 1.29 is 14.1 Å². The third-order valence-electron chi connectivity index (χ3n) is 4.08. The Bertz CT molecular complexity index is 946. The van der Waals surface area contributed by atoms with Crippen molar-refractivity contribution in [3.8, 4) is 0 Å². The Kier molecular flexibility index (Phi) is 6.15. The van der Waals surface area contributed by atoms with Gasteiger partial charge in [0.15, 0.2) is 5.17 Å². The normalized spacial score (nSPS) is 18.4. The summed E-state index contributed by atoms with van der Waals surface area (Å²) in [6.45, 7) is 2.19. The molecular weight excluding hydrogens is 383 g/mol. The number of nitro benzene ring substituents is 1. The van der Waals surface area contributed by atoms with Crippen LogP contribution in [-0.2, 0) is 11.3 Å². The Morgan fingerprint density at radius 2 is 2.04 bits per heavy atom. The van der Waals surface area contributed by atoms with Crippen molar-refractivity contribution in [3.05, 3.63) is 75.6 Å². The van der Waals surface area contributed by atoms with Crippen LogP contribution in [0.15, 0.2) is 58.7 Å². The summed E-state index contributed by atoms with van der Waals surface area (Å²) in [5.41, 5.74) is 1.28. The lowest BCUT2D eigenvalue weighted by atomic mass is 10.2. The summed E-state index contributed by atoms with van der Waals surface area (Å²) in [5, 5.41) is 19.2. The fraction of sp³-hybridized carbons (Fsp3) is 0.211. The minimum Gasteiger partial charge on any atom is -0.284 e. The van der Waals surface area contributed by atoms with Crippen LogP contribution in [0, 0.1) is 15.9 Å². The van der Waals surface area contributed by atoms with Gasteiger partial charge in [-0.2, -0.15) is 5.10 Å². The van der Waals surface area contributed by atoms with Gasteiger partial charge in [0.05, 0.1) is 22.9 Å². The molecule has 3 rings (SSSR count). The average molecular weight is 400 g/mol. The van der Waals surface area contributed by atoms with Crippen LogP contribution >= 0.6 is 11.8 Å². The molecule has 0 bridgehead atoms. The number of benzene rings is 2. The lowest BCUT2D eigenvalue weighted by Crippen LogP contribution is -2.31. The third-order valence-corrected chi connectivity index (χ3v) is 5.41. The first kappa shape index (κ1) is 19.7. The Labute approximate surface area is 165 Å². The van der Waals surface area contributed by atoms with E-state index in [1.54, 1.807) is 24.3 Å². The van der Waals surface area contributed by atoms with Crippen molar-refractivity contribution in [1.29, 1.82) is 0 Å². The highest BCUT2D eigenvalue weighted by atomic mass is 32.2. The number of carbonyl (C=O) groups is 1. The standard InChI is InChI=1S/C19H17FN4O3S/c1-2-17-18(25)23(12-13-6-8-15(20)9-7-13)19(28-17)22-21-11-14-4-3-5-16(10-14)24(26)27/h3-11,17H,2,12H2,1H3/b21-11-,22-19+/t17-/m0/s1. The molecule has 0 saturated carbocycles. The van der Waals surface area contributed by atoms with Gasteiger partial charge in [-0.1, -0.05) is 43.0 Å². The number of carbonyl (C=O) groups excluding carboxylic acids is 1. The quantitative estimate of drug-likeness (QED) is 0.417. The summed E-state index contributed by atoms with van der Waals surface area (Å²) >= 11 is 1.32. The van der Waals surface area contributed by atoms with Crippen LogP contribution in [0.1, 0.15) is 24.5 Å². The predicted octanol–water partition coefficient (Wildman–Crippen LogP) is 3.98. The summed E-state index contributed by atoms with van der Waals surface area (Å²) in [5.74, 6) is -0.408. The number of nitrogens with zero attached hydrogens (tertiary/aromatic N) is 4. The van der Waals surface area contributed by atoms with Crippen LogP contribution in [0.25, 0.3) is 0 Å². The topological polar surface area (TPSA) is 88.2 Å². The number of non-ortho nitro benzene ring substituents is 1. The molecule has 2 aromatic carbocycles. The molecule has 0 radical (unpaired) electrons. The van der Waals surface area contributed by atoms with Gasteiger partial charge in [0.25, 0.3) is 5.69 Å². The fourth-order valence-electron chi connectivity index (χ4n) is 2.63. The Hall–Kier alpha value is -3.07. The Balaban J connectivity index is 1.80. The molecule has 1 fully saturated rings. The summed E-state index contributed by atoms with van der Waals surface area (Å²) in [7, 11) is 0. The molecule has 144 valence electrons. The number of thioether (sulfide) groups is 1. The number of nitro groups is 1. The van der Waals surface area contributed by atoms with Crippen molar-refractivity contribution in [2.45, 2.75) is 25.1 Å². The van der Waals surface area contributed by atoms with Gasteiger partial charge in [-0.25, -0.2) is 4.39 Å². The zero-order chi connectivity index (χ0) is 20.1. The highest BCUT2D eigenvalue weighted by molar-refractivity contribution is 8.15. The number of amides is 1. The smallest absolute Gasteiger partial charge is 0.270 e. The van der Waals surface area contributed by atoms with E-state index in [0.717, 1.165) is 5.56 Å². The Morgan fingerprint density at radius 3 is 2.71 bits per heavy atom. The van der Waals surface area contributed by atoms with Gasteiger partial charge in [-0.15, -0.1) is 5.10 Å². The van der Waals surface area contributed by atoms with E-state index in [-0.39, 0.29) is 29.2 Å². The van der Waals surface area contributed by atoms with E-state index in [1.165, 1.54) is 47.1 Å².